The molecule has 0 unspecified atom stereocenters. The molecule has 6 nitrogen and oxygen atoms in total. The predicted octanol–water partition coefficient (Wildman–Crippen LogP) is 2.00. The van der Waals surface area contributed by atoms with E-state index in [-0.39, 0.29) is 11.8 Å². The van der Waals surface area contributed by atoms with Crippen LogP contribution in [0.4, 0.5) is 0 Å². The van der Waals surface area contributed by atoms with E-state index >= 15 is 0 Å². The fourth-order valence-corrected chi connectivity index (χ4v) is 4.14. The van der Waals surface area contributed by atoms with Crippen molar-refractivity contribution in [3.8, 4) is 0 Å². The molecule has 3 rings (SSSR count). The molecule has 0 N–H and O–H groups in total. The maximum absolute atomic E-state index is 12.8. The van der Waals surface area contributed by atoms with Gasteiger partial charge in [0.1, 0.15) is 0 Å². The summed E-state index contributed by atoms with van der Waals surface area (Å²) in [5.41, 5.74) is 2.29. The molecule has 25 heavy (non-hydrogen) atoms. The van der Waals surface area contributed by atoms with Crippen molar-refractivity contribution in [2.75, 3.05) is 26.2 Å². The third kappa shape index (κ3) is 4.22. The number of likely N-dealkylation sites (tertiary alicyclic amines) is 2. The lowest BCUT2D eigenvalue weighted by atomic mass is 9.92. The van der Waals surface area contributed by atoms with Crippen LogP contribution in [0.25, 0.3) is 0 Å². The predicted molar refractivity (Wildman–Crippen MR) is 96.0 cm³/mol. The molecule has 1 aromatic rings. The van der Waals surface area contributed by atoms with Crippen molar-refractivity contribution >= 4 is 11.8 Å². The summed E-state index contributed by atoms with van der Waals surface area (Å²) in [7, 11) is 0. The molecule has 0 spiro atoms. The summed E-state index contributed by atoms with van der Waals surface area (Å²) in [6, 6.07) is 2.12. The Labute approximate surface area is 150 Å². The lowest BCUT2D eigenvalue weighted by Crippen LogP contribution is -2.46. The van der Waals surface area contributed by atoms with E-state index in [2.05, 4.69) is 22.8 Å². The normalized spacial score (nSPS) is 20.1. The Morgan fingerprint density at radius 1 is 1.04 bits per heavy atom. The van der Waals surface area contributed by atoms with Gasteiger partial charge in [-0.1, -0.05) is 0 Å². The Morgan fingerprint density at radius 2 is 1.64 bits per heavy atom. The minimum Gasteiger partial charge on any atom is -0.343 e. The molecule has 0 saturated carbocycles. The average Bonchev–Trinajstić information content (AvgIpc) is 2.92. The Balaban J connectivity index is 1.46. The fraction of sp³-hybridized carbons (Fsp3) is 0.737. The van der Waals surface area contributed by atoms with Crippen LogP contribution >= 0.6 is 0 Å². The third-order valence-corrected chi connectivity index (χ3v) is 5.75. The number of nitrogens with zero attached hydrogens (tertiary/aromatic N) is 4. The highest BCUT2D eigenvalue weighted by Gasteiger charge is 2.31. The Kier molecular flexibility index (Phi) is 5.45. The van der Waals surface area contributed by atoms with E-state index in [0.717, 1.165) is 64.1 Å². The molecule has 2 saturated heterocycles. The number of aryl methyl sites for hydroxylation is 2. The van der Waals surface area contributed by atoms with Crippen molar-refractivity contribution in [3.05, 3.63) is 17.5 Å². The number of carbonyl (C=O) groups excluding carboxylic acids is 2. The Morgan fingerprint density at radius 3 is 2.16 bits per heavy atom. The van der Waals surface area contributed by atoms with Gasteiger partial charge in [0.25, 0.3) is 0 Å². The third-order valence-electron chi connectivity index (χ3n) is 5.75. The van der Waals surface area contributed by atoms with Gasteiger partial charge in [0, 0.05) is 51.3 Å². The highest BCUT2D eigenvalue weighted by molar-refractivity contribution is 5.79. The van der Waals surface area contributed by atoms with E-state index in [1.54, 1.807) is 6.92 Å². The van der Waals surface area contributed by atoms with Crippen LogP contribution in [0, 0.1) is 25.7 Å². The van der Waals surface area contributed by atoms with E-state index in [0.29, 0.717) is 11.8 Å². The van der Waals surface area contributed by atoms with Gasteiger partial charge in [-0.2, -0.15) is 5.10 Å². The smallest absolute Gasteiger partial charge is 0.225 e. The number of rotatable bonds is 3. The lowest BCUT2D eigenvalue weighted by molar-refractivity contribution is -0.141. The minimum atomic E-state index is 0.100. The molecular weight excluding hydrogens is 316 g/mol. The number of piperidine rings is 2. The highest BCUT2D eigenvalue weighted by atomic mass is 16.2. The molecule has 138 valence electrons. The first-order valence-electron chi connectivity index (χ1n) is 9.49. The number of aromatic nitrogens is 2. The second kappa shape index (κ2) is 7.58. The molecule has 0 aromatic carbocycles. The zero-order valence-electron chi connectivity index (χ0n) is 15.7. The summed E-state index contributed by atoms with van der Waals surface area (Å²) in [6.07, 6.45) is 3.72. The molecule has 2 fully saturated rings. The van der Waals surface area contributed by atoms with Crippen molar-refractivity contribution in [3.63, 3.8) is 0 Å². The molecular formula is C19H30N4O2. The summed E-state index contributed by atoms with van der Waals surface area (Å²) >= 11 is 0. The molecule has 2 aliphatic heterocycles. The zero-order chi connectivity index (χ0) is 18.0. The molecule has 0 aliphatic carbocycles. The van der Waals surface area contributed by atoms with Gasteiger partial charge in [-0.05, 0) is 51.5 Å². The lowest BCUT2D eigenvalue weighted by Gasteiger charge is -2.37. The monoisotopic (exact) mass is 346 g/mol. The van der Waals surface area contributed by atoms with Gasteiger partial charge in [0.15, 0.2) is 0 Å². The van der Waals surface area contributed by atoms with Gasteiger partial charge in [0.2, 0.25) is 11.8 Å². The first-order valence-corrected chi connectivity index (χ1v) is 9.49. The van der Waals surface area contributed by atoms with Crippen molar-refractivity contribution in [1.29, 1.82) is 0 Å². The largest absolute Gasteiger partial charge is 0.343 e. The first-order chi connectivity index (χ1) is 11.9. The zero-order valence-corrected chi connectivity index (χ0v) is 15.7. The number of carbonyl (C=O) groups is 2. The van der Waals surface area contributed by atoms with Crippen LogP contribution in [0.2, 0.25) is 0 Å². The number of hydrogen-bond acceptors (Lipinski definition) is 3. The van der Waals surface area contributed by atoms with E-state index in [1.807, 2.05) is 16.7 Å². The summed E-state index contributed by atoms with van der Waals surface area (Å²) in [6.45, 7) is 9.86. The number of amides is 2. The van der Waals surface area contributed by atoms with E-state index in [9.17, 15) is 9.59 Å². The number of hydrogen-bond donors (Lipinski definition) is 0. The SMILES string of the molecule is CC(=O)N1CCC(C(=O)N2CCC(Cn3nc(C)cc3C)CC2)CC1. The molecule has 1 aromatic heterocycles. The van der Waals surface area contributed by atoms with E-state index in [1.165, 1.54) is 5.69 Å². The molecule has 0 radical (unpaired) electrons. The van der Waals surface area contributed by atoms with Gasteiger partial charge >= 0.3 is 0 Å². The minimum absolute atomic E-state index is 0.100. The Bertz CT molecular complexity index is 623. The quantitative estimate of drug-likeness (QED) is 0.841. The van der Waals surface area contributed by atoms with Gasteiger partial charge < -0.3 is 9.80 Å². The van der Waals surface area contributed by atoms with Gasteiger partial charge in [0.05, 0.1) is 5.69 Å². The summed E-state index contributed by atoms with van der Waals surface area (Å²) in [4.78, 5) is 28.1. The average molecular weight is 346 g/mol. The molecule has 3 heterocycles. The molecule has 2 aliphatic rings. The van der Waals surface area contributed by atoms with Crippen molar-refractivity contribution in [1.82, 2.24) is 19.6 Å². The second-order valence-corrected chi connectivity index (χ2v) is 7.66. The van der Waals surface area contributed by atoms with Crippen LogP contribution in [0.1, 0.15) is 44.0 Å². The van der Waals surface area contributed by atoms with Crippen LogP contribution < -0.4 is 0 Å². The molecule has 0 bridgehead atoms. The molecule has 0 atom stereocenters. The van der Waals surface area contributed by atoms with Gasteiger partial charge in [-0.3, -0.25) is 14.3 Å². The van der Waals surface area contributed by atoms with Crippen LogP contribution in [0.5, 0.6) is 0 Å². The molecule has 2 amide bonds. The topological polar surface area (TPSA) is 58.4 Å². The maximum atomic E-state index is 12.8. The van der Waals surface area contributed by atoms with E-state index in [4.69, 9.17) is 0 Å². The second-order valence-electron chi connectivity index (χ2n) is 7.66. The van der Waals surface area contributed by atoms with Crippen LogP contribution in [-0.4, -0.2) is 57.6 Å². The van der Waals surface area contributed by atoms with E-state index < -0.39 is 0 Å². The maximum Gasteiger partial charge on any atom is 0.225 e. The Hall–Kier alpha value is -1.85. The van der Waals surface area contributed by atoms with Crippen molar-refractivity contribution in [2.24, 2.45) is 11.8 Å². The van der Waals surface area contributed by atoms with Crippen LogP contribution in [-0.2, 0) is 16.1 Å². The van der Waals surface area contributed by atoms with Gasteiger partial charge in [-0.25, -0.2) is 0 Å². The van der Waals surface area contributed by atoms with Crippen LogP contribution in [0.15, 0.2) is 6.07 Å². The van der Waals surface area contributed by atoms with Crippen molar-refractivity contribution in [2.45, 2.75) is 53.0 Å². The summed E-state index contributed by atoms with van der Waals surface area (Å²) < 4.78 is 2.11. The first kappa shape index (κ1) is 18.0. The van der Waals surface area contributed by atoms with Crippen molar-refractivity contribution < 1.29 is 9.59 Å². The summed E-state index contributed by atoms with van der Waals surface area (Å²) in [5.74, 6) is 1.12. The summed E-state index contributed by atoms with van der Waals surface area (Å²) in [5, 5.41) is 4.56. The fourth-order valence-electron chi connectivity index (χ4n) is 4.14. The van der Waals surface area contributed by atoms with Gasteiger partial charge in [-0.15, -0.1) is 0 Å². The molecule has 6 heteroatoms. The van der Waals surface area contributed by atoms with Crippen LogP contribution in [0.3, 0.4) is 0 Å². The highest BCUT2D eigenvalue weighted by Crippen LogP contribution is 2.25. The standard InChI is InChI=1S/C19H30N4O2/c1-14-12-15(2)23(20-14)13-17-4-8-22(9-5-17)19(25)18-6-10-21(11-7-18)16(3)24/h12,17-18H,4-11,13H2,1-3H3.